The van der Waals surface area contributed by atoms with Gasteiger partial charge in [0.1, 0.15) is 5.75 Å². The van der Waals surface area contributed by atoms with Crippen molar-refractivity contribution < 1.29 is 9.47 Å². The summed E-state index contributed by atoms with van der Waals surface area (Å²) in [5, 5.41) is 0. The molecule has 2 unspecified atom stereocenters. The van der Waals surface area contributed by atoms with Crippen LogP contribution in [0, 0.1) is 5.92 Å². The second-order valence-electron chi connectivity index (χ2n) is 5.21. The average molecular weight is 276 g/mol. The van der Waals surface area contributed by atoms with Crippen LogP contribution < -0.4 is 4.74 Å². The van der Waals surface area contributed by atoms with Crippen LogP contribution in [0.5, 0.6) is 5.75 Å². The van der Waals surface area contributed by atoms with Crippen LogP contribution in [0.15, 0.2) is 30.8 Å². The Morgan fingerprint density at radius 3 is 2.75 bits per heavy atom. The zero-order valence-corrected chi connectivity index (χ0v) is 13.1. The highest BCUT2D eigenvalue weighted by molar-refractivity contribution is 5.49. The highest BCUT2D eigenvalue weighted by atomic mass is 16.7. The summed E-state index contributed by atoms with van der Waals surface area (Å²) in [5.74, 6) is 1.47. The third-order valence-corrected chi connectivity index (χ3v) is 3.51. The SMILES string of the molecule is C=Cc1cccc(OC(C)OCC(CC)CCCC)c1. The van der Waals surface area contributed by atoms with Gasteiger partial charge in [-0.1, -0.05) is 57.9 Å². The molecule has 0 aromatic heterocycles. The number of rotatable bonds is 10. The molecular weight excluding hydrogens is 248 g/mol. The highest BCUT2D eigenvalue weighted by Gasteiger charge is 2.10. The Kier molecular flexibility index (Phi) is 8.05. The molecule has 0 bridgehead atoms. The van der Waals surface area contributed by atoms with Crippen molar-refractivity contribution in [1.29, 1.82) is 0 Å². The number of unbranched alkanes of at least 4 members (excludes halogenated alkanes) is 1. The monoisotopic (exact) mass is 276 g/mol. The zero-order valence-electron chi connectivity index (χ0n) is 13.1. The molecule has 2 atom stereocenters. The van der Waals surface area contributed by atoms with Crippen LogP contribution in [-0.4, -0.2) is 12.9 Å². The van der Waals surface area contributed by atoms with Gasteiger partial charge in [-0.2, -0.15) is 0 Å². The van der Waals surface area contributed by atoms with E-state index in [4.69, 9.17) is 9.47 Å². The molecule has 0 N–H and O–H groups in total. The van der Waals surface area contributed by atoms with E-state index >= 15 is 0 Å². The van der Waals surface area contributed by atoms with Gasteiger partial charge in [-0.3, -0.25) is 0 Å². The molecule has 20 heavy (non-hydrogen) atoms. The van der Waals surface area contributed by atoms with E-state index in [9.17, 15) is 0 Å². The molecule has 2 heteroatoms. The van der Waals surface area contributed by atoms with Crippen LogP contribution in [0.1, 0.15) is 52.0 Å². The van der Waals surface area contributed by atoms with Crippen molar-refractivity contribution in [3.63, 3.8) is 0 Å². The Morgan fingerprint density at radius 2 is 2.10 bits per heavy atom. The lowest BCUT2D eigenvalue weighted by atomic mass is 10.0. The van der Waals surface area contributed by atoms with Crippen molar-refractivity contribution in [3.8, 4) is 5.75 Å². The van der Waals surface area contributed by atoms with E-state index in [1.165, 1.54) is 25.7 Å². The maximum atomic E-state index is 5.82. The fraction of sp³-hybridized carbons (Fsp3) is 0.556. The van der Waals surface area contributed by atoms with Gasteiger partial charge >= 0.3 is 0 Å². The molecule has 112 valence electrons. The van der Waals surface area contributed by atoms with Crippen molar-refractivity contribution in [2.24, 2.45) is 5.92 Å². The molecule has 0 aliphatic heterocycles. The molecule has 2 nitrogen and oxygen atoms in total. The van der Waals surface area contributed by atoms with Crippen LogP contribution >= 0.6 is 0 Å². The maximum Gasteiger partial charge on any atom is 0.196 e. The predicted molar refractivity (Wildman–Crippen MR) is 85.9 cm³/mol. The standard InChI is InChI=1S/C18H28O2/c1-5-8-10-17(7-3)14-19-15(4)20-18-12-9-11-16(6-2)13-18/h6,9,11-13,15,17H,2,5,7-8,10,14H2,1,3-4H3. The summed E-state index contributed by atoms with van der Waals surface area (Å²) in [6, 6.07) is 7.89. The fourth-order valence-corrected chi connectivity index (χ4v) is 2.11. The molecule has 0 amide bonds. The van der Waals surface area contributed by atoms with E-state index in [0.29, 0.717) is 5.92 Å². The van der Waals surface area contributed by atoms with Gasteiger partial charge in [-0.05, 0) is 37.0 Å². The van der Waals surface area contributed by atoms with Crippen LogP contribution in [0.3, 0.4) is 0 Å². The molecule has 1 aromatic carbocycles. The third kappa shape index (κ3) is 6.25. The van der Waals surface area contributed by atoms with Crippen LogP contribution in [0.2, 0.25) is 0 Å². The molecule has 0 saturated heterocycles. The normalized spacial score (nSPS) is 13.8. The molecule has 0 aliphatic rings. The summed E-state index contributed by atoms with van der Waals surface area (Å²) < 4.78 is 11.6. The lowest BCUT2D eigenvalue weighted by molar-refractivity contribution is -0.0801. The molecule has 0 spiro atoms. The summed E-state index contributed by atoms with van der Waals surface area (Å²) >= 11 is 0. The van der Waals surface area contributed by atoms with E-state index in [2.05, 4.69) is 20.4 Å². The first kappa shape index (κ1) is 16.8. The number of hydrogen-bond donors (Lipinski definition) is 0. The van der Waals surface area contributed by atoms with Crippen molar-refractivity contribution in [3.05, 3.63) is 36.4 Å². The van der Waals surface area contributed by atoms with Gasteiger partial charge in [0.05, 0.1) is 6.61 Å². The largest absolute Gasteiger partial charge is 0.465 e. The summed E-state index contributed by atoms with van der Waals surface area (Å²) in [4.78, 5) is 0. The summed E-state index contributed by atoms with van der Waals surface area (Å²) in [6.45, 7) is 10.9. The number of ether oxygens (including phenoxy) is 2. The zero-order chi connectivity index (χ0) is 14.8. The van der Waals surface area contributed by atoms with Gasteiger partial charge in [-0.15, -0.1) is 0 Å². The number of benzene rings is 1. The van der Waals surface area contributed by atoms with Crippen molar-refractivity contribution >= 4 is 6.08 Å². The lowest BCUT2D eigenvalue weighted by Gasteiger charge is -2.20. The minimum atomic E-state index is -0.217. The van der Waals surface area contributed by atoms with Gasteiger partial charge < -0.3 is 9.47 Å². The Morgan fingerprint density at radius 1 is 1.30 bits per heavy atom. The van der Waals surface area contributed by atoms with Gasteiger partial charge in [0.2, 0.25) is 0 Å². The van der Waals surface area contributed by atoms with E-state index in [-0.39, 0.29) is 6.29 Å². The number of hydrogen-bond acceptors (Lipinski definition) is 2. The quantitative estimate of drug-likeness (QED) is 0.541. The van der Waals surface area contributed by atoms with Crippen molar-refractivity contribution in [2.75, 3.05) is 6.61 Å². The van der Waals surface area contributed by atoms with Crippen LogP contribution in [-0.2, 0) is 4.74 Å². The lowest BCUT2D eigenvalue weighted by Crippen LogP contribution is -2.20. The topological polar surface area (TPSA) is 18.5 Å². The maximum absolute atomic E-state index is 5.82. The van der Waals surface area contributed by atoms with Gasteiger partial charge in [-0.25, -0.2) is 0 Å². The molecule has 0 saturated carbocycles. The predicted octanol–water partition coefficient (Wildman–Crippen LogP) is 5.29. The van der Waals surface area contributed by atoms with Gasteiger partial charge in [0.15, 0.2) is 6.29 Å². The molecular formula is C18H28O2. The second-order valence-corrected chi connectivity index (χ2v) is 5.21. The minimum Gasteiger partial charge on any atom is -0.465 e. The summed E-state index contributed by atoms with van der Waals surface area (Å²) in [5.41, 5.74) is 1.06. The molecule has 0 heterocycles. The first-order chi connectivity index (χ1) is 9.69. The fourth-order valence-electron chi connectivity index (χ4n) is 2.11. The Labute approximate surface area is 123 Å². The minimum absolute atomic E-state index is 0.217. The summed E-state index contributed by atoms with van der Waals surface area (Å²) in [7, 11) is 0. The van der Waals surface area contributed by atoms with Crippen LogP contribution in [0.4, 0.5) is 0 Å². The highest BCUT2D eigenvalue weighted by Crippen LogP contribution is 2.18. The summed E-state index contributed by atoms with van der Waals surface area (Å²) in [6.07, 6.45) is 6.53. The Balaban J connectivity index is 2.38. The van der Waals surface area contributed by atoms with E-state index in [0.717, 1.165) is 17.9 Å². The molecule has 0 radical (unpaired) electrons. The Hall–Kier alpha value is -1.28. The first-order valence-corrected chi connectivity index (χ1v) is 7.70. The van der Waals surface area contributed by atoms with E-state index in [1.54, 1.807) is 0 Å². The van der Waals surface area contributed by atoms with Gasteiger partial charge in [0, 0.05) is 0 Å². The van der Waals surface area contributed by atoms with Crippen LogP contribution in [0.25, 0.3) is 6.08 Å². The second kappa shape index (κ2) is 9.60. The van der Waals surface area contributed by atoms with Crippen molar-refractivity contribution in [1.82, 2.24) is 0 Å². The molecule has 0 aliphatic carbocycles. The Bertz CT molecular complexity index is 387. The van der Waals surface area contributed by atoms with Crippen molar-refractivity contribution in [2.45, 2.75) is 52.7 Å². The molecule has 1 aromatic rings. The molecule has 1 rings (SSSR count). The smallest absolute Gasteiger partial charge is 0.196 e. The van der Waals surface area contributed by atoms with Gasteiger partial charge in [0.25, 0.3) is 0 Å². The molecule has 0 fully saturated rings. The van der Waals surface area contributed by atoms with E-state index < -0.39 is 0 Å². The average Bonchev–Trinajstić information content (AvgIpc) is 2.47. The first-order valence-electron chi connectivity index (χ1n) is 7.70. The van der Waals surface area contributed by atoms with E-state index in [1.807, 2.05) is 37.3 Å². The third-order valence-electron chi connectivity index (χ3n) is 3.51.